The van der Waals surface area contributed by atoms with Crippen molar-refractivity contribution in [3.05, 3.63) is 82.1 Å². The summed E-state index contributed by atoms with van der Waals surface area (Å²) in [5.41, 5.74) is 2.52. The number of hydrogen-bond acceptors (Lipinski definition) is 8. The first-order valence-corrected chi connectivity index (χ1v) is 14.3. The summed E-state index contributed by atoms with van der Waals surface area (Å²) in [6.07, 6.45) is 3.14. The fourth-order valence-electron chi connectivity index (χ4n) is 4.38. The molecule has 8 nitrogen and oxygen atoms in total. The quantitative estimate of drug-likeness (QED) is 0.285. The van der Waals surface area contributed by atoms with Gasteiger partial charge in [-0.1, -0.05) is 54.2 Å². The predicted octanol–water partition coefficient (Wildman–Crippen LogP) is 4.44. The second kappa shape index (κ2) is 12.4. The Bertz CT molecular complexity index is 1320. The molecule has 0 spiro atoms. The lowest BCUT2D eigenvalue weighted by Crippen LogP contribution is -2.33. The van der Waals surface area contributed by atoms with Crippen molar-refractivity contribution in [2.24, 2.45) is 0 Å². The molecule has 1 fully saturated rings. The lowest BCUT2D eigenvalue weighted by molar-refractivity contribution is 0.0945. The summed E-state index contributed by atoms with van der Waals surface area (Å²) < 4.78 is 7.69. The number of aromatic nitrogens is 4. The van der Waals surface area contributed by atoms with Gasteiger partial charge in [-0.2, -0.15) is 0 Å². The number of nitrogens with one attached hydrogen (secondary N) is 1. The summed E-state index contributed by atoms with van der Waals surface area (Å²) in [5.74, 6) is 2.05. The van der Waals surface area contributed by atoms with Crippen LogP contribution in [0.2, 0.25) is 0 Å². The molecule has 0 atom stereocenters. The van der Waals surface area contributed by atoms with Crippen LogP contribution in [0, 0.1) is 0 Å². The van der Waals surface area contributed by atoms with Crippen LogP contribution in [-0.4, -0.2) is 63.8 Å². The second-order valence-corrected chi connectivity index (χ2v) is 10.7. The number of likely N-dealkylation sites (tertiary alicyclic amines) is 1. The molecule has 0 bridgehead atoms. The Labute approximate surface area is 225 Å². The fraction of sp³-hybridized carbons (Fsp3) is 0.333. The van der Waals surface area contributed by atoms with Gasteiger partial charge in [0.2, 0.25) is 0 Å². The minimum absolute atomic E-state index is 0.117. The van der Waals surface area contributed by atoms with Gasteiger partial charge in [0.1, 0.15) is 22.3 Å². The van der Waals surface area contributed by atoms with E-state index in [1.165, 1.54) is 24.2 Å². The van der Waals surface area contributed by atoms with E-state index >= 15 is 0 Å². The van der Waals surface area contributed by atoms with Crippen LogP contribution in [0.1, 0.15) is 39.7 Å². The number of para-hydroxylation sites is 2. The largest absolute Gasteiger partial charge is 0.495 e. The average molecular weight is 535 g/mol. The number of methoxy groups -OCH3 is 1. The molecular formula is C27H30N6O2S2. The molecule has 5 rings (SSSR count). The lowest BCUT2D eigenvalue weighted by Gasteiger charge is -2.14. The number of rotatable bonds is 11. The van der Waals surface area contributed by atoms with Crippen LogP contribution in [0.25, 0.3) is 5.69 Å². The molecule has 1 amide bonds. The molecule has 3 heterocycles. The maximum atomic E-state index is 12.6. The minimum atomic E-state index is -0.117. The first-order chi connectivity index (χ1) is 18.2. The zero-order chi connectivity index (χ0) is 25.5. The van der Waals surface area contributed by atoms with Crippen molar-refractivity contribution < 1.29 is 9.53 Å². The number of hydrogen-bond donors (Lipinski definition) is 1. The molecular weight excluding hydrogens is 504 g/mol. The van der Waals surface area contributed by atoms with E-state index in [9.17, 15) is 4.79 Å². The average Bonchev–Trinajstić information content (AvgIpc) is 3.70. The third-order valence-corrected chi connectivity index (χ3v) is 8.22. The van der Waals surface area contributed by atoms with Gasteiger partial charge in [0, 0.05) is 24.9 Å². The summed E-state index contributed by atoms with van der Waals surface area (Å²) in [6.45, 7) is 3.79. The molecule has 10 heteroatoms. The van der Waals surface area contributed by atoms with Crippen molar-refractivity contribution in [1.82, 2.24) is 30.0 Å². The van der Waals surface area contributed by atoms with Gasteiger partial charge in [-0.05, 0) is 43.6 Å². The Hall–Kier alpha value is -3.21. The van der Waals surface area contributed by atoms with E-state index < -0.39 is 0 Å². The highest BCUT2D eigenvalue weighted by Crippen LogP contribution is 2.31. The molecule has 0 aliphatic carbocycles. The third kappa shape index (κ3) is 6.38. The Morgan fingerprint density at radius 1 is 1.08 bits per heavy atom. The topological polar surface area (TPSA) is 85.2 Å². The first-order valence-electron chi connectivity index (χ1n) is 12.4. The second-order valence-electron chi connectivity index (χ2n) is 8.79. The first kappa shape index (κ1) is 25.4. The third-order valence-electron chi connectivity index (χ3n) is 6.25. The van der Waals surface area contributed by atoms with E-state index in [0.29, 0.717) is 24.4 Å². The Kier molecular flexibility index (Phi) is 8.49. The van der Waals surface area contributed by atoms with Gasteiger partial charge < -0.3 is 15.0 Å². The fourth-order valence-corrected chi connectivity index (χ4v) is 6.13. The Morgan fingerprint density at radius 2 is 1.86 bits per heavy atom. The van der Waals surface area contributed by atoms with Gasteiger partial charge in [-0.25, -0.2) is 4.98 Å². The SMILES string of the molecule is COc1ccccc1-n1c(Cc2ccccc2)nnc1SCc1nc(C(=O)NCCN2CCCC2)cs1. The number of amides is 1. The minimum Gasteiger partial charge on any atom is -0.495 e. The van der Waals surface area contributed by atoms with Crippen molar-refractivity contribution in [2.75, 3.05) is 33.3 Å². The molecule has 0 saturated carbocycles. The molecule has 1 saturated heterocycles. The number of carbonyl (C=O) groups excluding carboxylic acids is 1. The van der Waals surface area contributed by atoms with E-state index in [-0.39, 0.29) is 5.91 Å². The van der Waals surface area contributed by atoms with E-state index in [1.807, 2.05) is 47.8 Å². The Balaban J connectivity index is 1.28. The van der Waals surface area contributed by atoms with Crippen LogP contribution < -0.4 is 10.1 Å². The lowest BCUT2D eigenvalue weighted by atomic mass is 10.1. The van der Waals surface area contributed by atoms with E-state index in [0.717, 1.165) is 52.6 Å². The van der Waals surface area contributed by atoms with Crippen molar-refractivity contribution in [1.29, 1.82) is 0 Å². The summed E-state index contributed by atoms with van der Waals surface area (Å²) in [5, 5.41) is 15.5. The van der Waals surface area contributed by atoms with Crippen LogP contribution in [0.3, 0.4) is 0 Å². The highest BCUT2D eigenvalue weighted by Gasteiger charge is 2.19. The number of benzene rings is 2. The molecule has 0 unspecified atom stereocenters. The summed E-state index contributed by atoms with van der Waals surface area (Å²) in [6, 6.07) is 18.1. The Morgan fingerprint density at radius 3 is 2.68 bits per heavy atom. The van der Waals surface area contributed by atoms with Crippen molar-refractivity contribution >= 4 is 29.0 Å². The van der Waals surface area contributed by atoms with Gasteiger partial charge in [-0.15, -0.1) is 21.5 Å². The smallest absolute Gasteiger partial charge is 0.270 e. The number of carbonyl (C=O) groups is 1. The summed E-state index contributed by atoms with van der Waals surface area (Å²) in [7, 11) is 1.67. The zero-order valence-electron chi connectivity index (χ0n) is 20.8. The van der Waals surface area contributed by atoms with Gasteiger partial charge in [-0.3, -0.25) is 9.36 Å². The van der Waals surface area contributed by atoms with E-state index in [1.54, 1.807) is 18.9 Å². The number of ether oxygens (including phenoxy) is 1. The molecule has 1 aliphatic rings. The highest BCUT2D eigenvalue weighted by atomic mass is 32.2. The van der Waals surface area contributed by atoms with Gasteiger partial charge in [0.05, 0.1) is 18.6 Å². The number of thioether (sulfide) groups is 1. The number of nitrogens with zero attached hydrogens (tertiary/aromatic N) is 5. The van der Waals surface area contributed by atoms with E-state index in [2.05, 4.69) is 42.1 Å². The molecule has 0 radical (unpaired) electrons. The van der Waals surface area contributed by atoms with Crippen molar-refractivity contribution in [3.8, 4) is 11.4 Å². The van der Waals surface area contributed by atoms with Crippen LogP contribution in [0.15, 0.2) is 65.1 Å². The molecule has 192 valence electrons. The van der Waals surface area contributed by atoms with Gasteiger partial charge >= 0.3 is 0 Å². The van der Waals surface area contributed by atoms with Gasteiger partial charge in [0.15, 0.2) is 5.16 Å². The standard InChI is InChI=1S/C27H30N6O2S2/c1-35-23-12-6-5-11-22(23)33-24(17-20-9-3-2-4-10-20)30-31-27(33)37-19-25-29-21(18-36-25)26(34)28-13-16-32-14-7-8-15-32/h2-6,9-12,18H,7-8,13-17,19H2,1H3,(H,28,34). The summed E-state index contributed by atoms with van der Waals surface area (Å²) >= 11 is 3.04. The molecule has 1 aliphatic heterocycles. The van der Waals surface area contributed by atoms with E-state index in [4.69, 9.17) is 4.74 Å². The zero-order valence-corrected chi connectivity index (χ0v) is 22.4. The van der Waals surface area contributed by atoms with Crippen molar-refractivity contribution in [3.63, 3.8) is 0 Å². The normalized spacial score (nSPS) is 13.6. The highest BCUT2D eigenvalue weighted by molar-refractivity contribution is 7.98. The molecule has 1 N–H and O–H groups in total. The predicted molar refractivity (Wildman–Crippen MR) is 147 cm³/mol. The monoisotopic (exact) mass is 534 g/mol. The van der Waals surface area contributed by atoms with Crippen LogP contribution in [-0.2, 0) is 12.2 Å². The molecule has 4 aromatic rings. The van der Waals surface area contributed by atoms with Crippen LogP contribution >= 0.6 is 23.1 Å². The summed E-state index contributed by atoms with van der Waals surface area (Å²) in [4.78, 5) is 19.5. The molecule has 2 aromatic heterocycles. The number of thiazole rings is 1. The maximum Gasteiger partial charge on any atom is 0.270 e. The van der Waals surface area contributed by atoms with Crippen LogP contribution in [0.4, 0.5) is 0 Å². The molecule has 37 heavy (non-hydrogen) atoms. The van der Waals surface area contributed by atoms with Crippen LogP contribution in [0.5, 0.6) is 5.75 Å². The maximum absolute atomic E-state index is 12.6. The molecule has 2 aromatic carbocycles. The van der Waals surface area contributed by atoms with Gasteiger partial charge in [0.25, 0.3) is 5.91 Å². The van der Waals surface area contributed by atoms with Crippen molar-refractivity contribution in [2.45, 2.75) is 30.2 Å².